The normalized spacial score (nSPS) is 43.0. The van der Waals surface area contributed by atoms with E-state index in [4.69, 9.17) is 5.11 Å². The Balaban J connectivity index is 2.39. The third-order valence-electron chi connectivity index (χ3n) is 3.73. The molecular formula is C10H13FO2. The van der Waals surface area contributed by atoms with Crippen LogP contribution in [-0.2, 0) is 4.79 Å². The second kappa shape index (κ2) is 2.34. The Labute approximate surface area is 76.4 Å². The van der Waals surface area contributed by atoms with Crippen LogP contribution in [-0.4, -0.2) is 16.7 Å². The molecule has 2 nitrogen and oxygen atoms in total. The summed E-state index contributed by atoms with van der Waals surface area (Å²) in [6, 6.07) is 0. The van der Waals surface area contributed by atoms with E-state index in [2.05, 4.69) is 0 Å². The van der Waals surface area contributed by atoms with Crippen LogP contribution in [0.25, 0.3) is 0 Å². The molecule has 2 rings (SSSR count). The summed E-state index contributed by atoms with van der Waals surface area (Å²) in [5.41, 5.74) is 0.189. The summed E-state index contributed by atoms with van der Waals surface area (Å²) in [4.78, 5) is 10.8. The molecule has 1 fully saturated rings. The predicted molar refractivity (Wildman–Crippen MR) is 46.1 cm³/mol. The summed E-state index contributed by atoms with van der Waals surface area (Å²) >= 11 is 0. The summed E-state index contributed by atoms with van der Waals surface area (Å²) in [6.45, 7) is 3.85. The van der Waals surface area contributed by atoms with Crippen molar-refractivity contribution < 1.29 is 14.3 Å². The van der Waals surface area contributed by atoms with Crippen LogP contribution >= 0.6 is 0 Å². The van der Waals surface area contributed by atoms with E-state index in [1.54, 1.807) is 0 Å². The monoisotopic (exact) mass is 184 g/mol. The molecule has 0 aromatic rings. The van der Waals surface area contributed by atoms with Crippen molar-refractivity contribution in [2.45, 2.75) is 32.4 Å². The number of alkyl halides is 1. The predicted octanol–water partition coefficient (Wildman–Crippen LogP) is 2.16. The molecule has 0 aromatic carbocycles. The molecule has 3 atom stereocenters. The smallest absolute Gasteiger partial charge is 0.342 e. The first-order valence-corrected chi connectivity index (χ1v) is 4.56. The molecule has 0 amide bonds. The van der Waals surface area contributed by atoms with Gasteiger partial charge in [-0.3, -0.25) is 0 Å². The number of carboxylic acids is 1. The van der Waals surface area contributed by atoms with E-state index >= 15 is 0 Å². The number of carboxylic acid groups (broad SMARTS) is 1. The van der Waals surface area contributed by atoms with Crippen LogP contribution in [0.3, 0.4) is 0 Å². The van der Waals surface area contributed by atoms with Gasteiger partial charge < -0.3 is 5.11 Å². The largest absolute Gasteiger partial charge is 0.479 e. The lowest BCUT2D eigenvalue weighted by molar-refractivity contribution is -0.153. The summed E-state index contributed by atoms with van der Waals surface area (Å²) in [6.07, 6.45) is 0.872. The molecule has 0 aromatic heterocycles. The Bertz CT molecular complexity index is 308. The van der Waals surface area contributed by atoms with Crippen LogP contribution in [0, 0.1) is 11.8 Å². The van der Waals surface area contributed by atoms with Crippen molar-refractivity contribution in [2.75, 3.05) is 0 Å². The zero-order chi connectivity index (χ0) is 9.80. The molecule has 1 N–H and O–H groups in total. The van der Waals surface area contributed by atoms with Crippen molar-refractivity contribution >= 4 is 5.97 Å². The third kappa shape index (κ3) is 0.901. The van der Waals surface area contributed by atoms with Crippen LogP contribution in [0.2, 0.25) is 0 Å². The minimum absolute atomic E-state index is 0.172. The van der Waals surface area contributed by atoms with Gasteiger partial charge in [0.2, 0.25) is 5.67 Å². The molecular weight excluding hydrogens is 171 g/mol. The number of fused-ring (bicyclic) bond motifs is 2. The van der Waals surface area contributed by atoms with Crippen molar-refractivity contribution in [1.82, 2.24) is 0 Å². The number of hydrogen-bond donors (Lipinski definition) is 1. The van der Waals surface area contributed by atoms with Gasteiger partial charge in [0.15, 0.2) is 0 Å². The summed E-state index contributed by atoms with van der Waals surface area (Å²) in [7, 11) is 0. The van der Waals surface area contributed by atoms with E-state index in [1.807, 2.05) is 13.8 Å². The van der Waals surface area contributed by atoms with Crippen molar-refractivity contribution in [3.8, 4) is 0 Å². The molecule has 72 valence electrons. The van der Waals surface area contributed by atoms with Crippen LogP contribution in [0.15, 0.2) is 11.1 Å². The molecule has 2 bridgehead atoms. The average Bonchev–Trinajstić information content (AvgIpc) is 2.52. The number of rotatable bonds is 1. The zero-order valence-electron chi connectivity index (χ0n) is 7.80. The van der Waals surface area contributed by atoms with Gasteiger partial charge in [-0.05, 0) is 32.6 Å². The van der Waals surface area contributed by atoms with Crippen LogP contribution in [0.5, 0.6) is 0 Å². The lowest BCUT2D eigenvalue weighted by atomic mass is 9.82. The van der Waals surface area contributed by atoms with E-state index in [0.29, 0.717) is 6.42 Å². The van der Waals surface area contributed by atoms with Gasteiger partial charge in [-0.1, -0.05) is 11.1 Å². The first kappa shape index (κ1) is 8.73. The number of halogens is 1. The summed E-state index contributed by atoms with van der Waals surface area (Å²) in [5, 5.41) is 8.80. The minimum Gasteiger partial charge on any atom is -0.479 e. The quantitative estimate of drug-likeness (QED) is 0.634. The Morgan fingerprint density at radius 2 is 2.15 bits per heavy atom. The molecule has 2 aliphatic rings. The van der Waals surface area contributed by atoms with Gasteiger partial charge in [-0.25, -0.2) is 9.18 Å². The van der Waals surface area contributed by atoms with Gasteiger partial charge in [-0.15, -0.1) is 0 Å². The fourth-order valence-corrected chi connectivity index (χ4v) is 2.74. The molecule has 0 radical (unpaired) electrons. The van der Waals surface area contributed by atoms with Gasteiger partial charge in [0.1, 0.15) is 0 Å². The maximum atomic E-state index is 13.9. The SMILES string of the molecule is CC1=C(C)C2CC1CC2(F)C(=O)O. The second-order valence-corrected chi connectivity index (χ2v) is 4.22. The molecule has 0 saturated heterocycles. The number of aliphatic carboxylic acids is 1. The van der Waals surface area contributed by atoms with Crippen LogP contribution in [0.1, 0.15) is 26.7 Å². The lowest BCUT2D eigenvalue weighted by Crippen LogP contribution is -2.39. The standard InChI is InChI=1S/C10H13FO2/c1-5-6(2)8-3-7(5)4-10(8,11)9(12)13/h7-8H,3-4H2,1-2H3,(H,12,13). The highest BCUT2D eigenvalue weighted by molar-refractivity contribution is 5.79. The Kier molecular flexibility index (Phi) is 1.57. The summed E-state index contributed by atoms with van der Waals surface area (Å²) in [5.74, 6) is -1.48. The van der Waals surface area contributed by atoms with Gasteiger partial charge in [0.25, 0.3) is 0 Å². The molecule has 3 heteroatoms. The number of carbonyl (C=O) groups is 1. The van der Waals surface area contributed by atoms with Crippen LogP contribution < -0.4 is 0 Å². The molecule has 2 aliphatic carbocycles. The first-order chi connectivity index (χ1) is 5.97. The van der Waals surface area contributed by atoms with E-state index < -0.39 is 11.6 Å². The molecule has 13 heavy (non-hydrogen) atoms. The second-order valence-electron chi connectivity index (χ2n) is 4.22. The first-order valence-electron chi connectivity index (χ1n) is 4.56. The molecule has 0 aliphatic heterocycles. The number of allylic oxidation sites excluding steroid dienone is 2. The maximum Gasteiger partial charge on any atom is 0.342 e. The van der Waals surface area contributed by atoms with Gasteiger partial charge in [0, 0.05) is 5.92 Å². The van der Waals surface area contributed by atoms with Gasteiger partial charge in [0.05, 0.1) is 0 Å². The molecule has 0 spiro atoms. The van der Waals surface area contributed by atoms with Crippen LogP contribution in [0.4, 0.5) is 4.39 Å². The molecule has 0 heterocycles. The highest BCUT2D eigenvalue weighted by atomic mass is 19.1. The lowest BCUT2D eigenvalue weighted by Gasteiger charge is -2.27. The average molecular weight is 184 g/mol. The zero-order valence-corrected chi connectivity index (χ0v) is 7.80. The van der Waals surface area contributed by atoms with E-state index in [-0.39, 0.29) is 18.3 Å². The Morgan fingerprint density at radius 1 is 1.54 bits per heavy atom. The topological polar surface area (TPSA) is 37.3 Å². The molecule has 3 unspecified atom stereocenters. The Morgan fingerprint density at radius 3 is 2.54 bits per heavy atom. The summed E-state index contributed by atoms with van der Waals surface area (Å²) < 4.78 is 13.9. The van der Waals surface area contributed by atoms with Gasteiger partial charge >= 0.3 is 5.97 Å². The van der Waals surface area contributed by atoms with Crippen molar-refractivity contribution in [1.29, 1.82) is 0 Å². The fourth-order valence-electron chi connectivity index (χ4n) is 2.74. The maximum absolute atomic E-state index is 13.9. The Hall–Kier alpha value is -0.860. The van der Waals surface area contributed by atoms with Crippen molar-refractivity contribution in [3.05, 3.63) is 11.1 Å². The third-order valence-corrected chi connectivity index (χ3v) is 3.73. The highest BCUT2D eigenvalue weighted by Gasteiger charge is 2.58. The highest BCUT2D eigenvalue weighted by Crippen LogP contribution is 2.55. The van der Waals surface area contributed by atoms with Crippen molar-refractivity contribution in [2.24, 2.45) is 11.8 Å². The van der Waals surface area contributed by atoms with E-state index in [9.17, 15) is 9.18 Å². The number of hydrogen-bond acceptors (Lipinski definition) is 1. The van der Waals surface area contributed by atoms with Crippen molar-refractivity contribution in [3.63, 3.8) is 0 Å². The molecule has 1 saturated carbocycles. The van der Waals surface area contributed by atoms with E-state index in [0.717, 1.165) is 5.57 Å². The van der Waals surface area contributed by atoms with E-state index in [1.165, 1.54) is 5.57 Å². The fraction of sp³-hybridized carbons (Fsp3) is 0.700. The minimum atomic E-state index is -1.98. The van der Waals surface area contributed by atoms with Gasteiger partial charge in [-0.2, -0.15) is 0 Å².